The molecule has 0 unspecified atom stereocenters. The minimum absolute atomic E-state index is 0.364. The van der Waals surface area contributed by atoms with E-state index in [-0.39, 0.29) is 0 Å². The molecule has 1 aliphatic heterocycles. The van der Waals surface area contributed by atoms with Crippen molar-refractivity contribution in [1.82, 2.24) is 19.4 Å². The number of aliphatic hydroxyl groups is 1. The quantitative estimate of drug-likeness (QED) is 0.447. The molecular formula is C30H43N5O. The number of nitrogens with one attached hydrogen (secondary N) is 1. The number of aliphatic hydroxyl groups excluding tert-OH is 1. The maximum absolute atomic E-state index is 9.37. The second-order valence-electron chi connectivity index (χ2n) is 11.2. The van der Waals surface area contributed by atoms with Gasteiger partial charge in [0.15, 0.2) is 5.65 Å². The van der Waals surface area contributed by atoms with Gasteiger partial charge in [0.2, 0.25) is 0 Å². The third-order valence-corrected chi connectivity index (χ3v) is 8.41. The van der Waals surface area contributed by atoms with Gasteiger partial charge in [0.1, 0.15) is 11.3 Å². The van der Waals surface area contributed by atoms with Crippen LogP contribution in [0.2, 0.25) is 0 Å². The Morgan fingerprint density at radius 3 is 2.33 bits per heavy atom. The Balaban J connectivity index is 1.14. The van der Waals surface area contributed by atoms with Crippen molar-refractivity contribution in [3.8, 4) is 0 Å². The lowest BCUT2D eigenvalue weighted by Gasteiger charge is -2.36. The van der Waals surface area contributed by atoms with E-state index in [4.69, 9.17) is 9.97 Å². The molecule has 5 rings (SSSR count). The van der Waals surface area contributed by atoms with Crippen molar-refractivity contribution in [2.45, 2.75) is 78.3 Å². The lowest BCUT2D eigenvalue weighted by Crippen LogP contribution is -2.39. The van der Waals surface area contributed by atoms with Crippen LogP contribution in [0.25, 0.3) is 11.2 Å². The molecule has 1 saturated heterocycles. The van der Waals surface area contributed by atoms with Crippen molar-refractivity contribution in [2.24, 2.45) is 11.8 Å². The summed E-state index contributed by atoms with van der Waals surface area (Å²) in [6, 6.07) is 11.7. The van der Waals surface area contributed by atoms with Gasteiger partial charge in [-0.1, -0.05) is 19.1 Å². The van der Waals surface area contributed by atoms with E-state index in [2.05, 4.69) is 65.9 Å². The van der Waals surface area contributed by atoms with E-state index in [9.17, 15) is 5.11 Å². The molecule has 6 heteroatoms. The fourth-order valence-corrected chi connectivity index (χ4v) is 6.22. The second-order valence-corrected chi connectivity index (χ2v) is 11.2. The predicted octanol–water partition coefficient (Wildman–Crippen LogP) is 5.33. The number of imidazole rings is 1. The number of hydrogen-bond acceptors (Lipinski definition) is 5. The Bertz CT molecular complexity index is 1140. The first-order valence-electron chi connectivity index (χ1n) is 14.0. The fraction of sp³-hybridized carbons (Fsp3) is 0.600. The van der Waals surface area contributed by atoms with Crippen LogP contribution in [0.5, 0.6) is 0 Å². The minimum Gasteiger partial charge on any atom is -0.396 e. The molecule has 0 atom stereocenters. The first-order valence-corrected chi connectivity index (χ1v) is 14.0. The molecule has 194 valence electrons. The second kappa shape index (κ2) is 11.3. The highest BCUT2D eigenvalue weighted by Crippen LogP contribution is 2.29. The Labute approximate surface area is 216 Å². The molecule has 1 saturated carbocycles. The van der Waals surface area contributed by atoms with Gasteiger partial charge in [-0.05, 0) is 107 Å². The van der Waals surface area contributed by atoms with Crippen molar-refractivity contribution < 1.29 is 5.11 Å². The van der Waals surface area contributed by atoms with Crippen LogP contribution in [0.15, 0.2) is 30.3 Å². The third-order valence-electron chi connectivity index (χ3n) is 8.41. The van der Waals surface area contributed by atoms with Crippen molar-refractivity contribution in [1.29, 1.82) is 0 Å². The van der Waals surface area contributed by atoms with Crippen LogP contribution in [0, 0.1) is 25.7 Å². The number of rotatable bonds is 8. The Hall–Kier alpha value is -2.44. The molecule has 0 radical (unpaired) electrons. The molecule has 1 aromatic carbocycles. The van der Waals surface area contributed by atoms with Crippen molar-refractivity contribution >= 4 is 16.9 Å². The highest BCUT2D eigenvalue weighted by atomic mass is 16.3. The molecule has 1 aliphatic carbocycles. The van der Waals surface area contributed by atoms with Crippen LogP contribution in [-0.2, 0) is 13.0 Å². The zero-order valence-electron chi connectivity index (χ0n) is 22.3. The Morgan fingerprint density at radius 2 is 1.67 bits per heavy atom. The maximum atomic E-state index is 9.37. The number of aryl methyl sites for hydroxylation is 3. The molecule has 3 aromatic rings. The van der Waals surface area contributed by atoms with Crippen LogP contribution in [0.1, 0.15) is 68.1 Å². The third kappa shape index (κ3) is 5.76. The summed E-state index contributed by atoms with van der Waals surface area (Å²) >= 11 is 0. The highest BCUT2D eigenvalue weighted by molar-refractivity contribution is 5.76. The van der Waals surface area contributed by atoms with Crippen LogP contribution in [0.4, 0.5) is 5.69 Å². The maximum Gasteiger partial charge on any atom is 0.160 e. The summed E-state index contributed by atoms with van der Waals surface area (Å²) < 4.78 is 2.28. The van der Waals surface area contributed by atoms with E-state index in [0.717, 1.165) is 54.4 Å². The number of benzene rings is 1. The molecule has 2 N–H and O–H groups in total. The molecule has 6 nitrogen and oxygen atoms in total. The first kappa shape index (κ1) is 25.2. The van der Waals surface area contributed by atoms with Gasteiger partial charge < -0.3 is 19.9 Å². The summed E-state index contributed by atoms with van der Waals surface area (Å²) in [5, 5.41) is 13.2. The topological polar surface area (TPSA) is 66.2 Å². The van der Waals surface area contributed by atoms with Crippen LogP contribution in [0.3, 0.4) is 0 Å². The number of piperidine rings is 1. The Kier molecular flexibility index (Phi) is 7.92. The van der Waals surface area contributed by atoms with Gasteiger partial charge in [0.25, 0.3) is 0 Å². The summed E-state index contributed by atoms with van der Waals surface area (Å²) in [5.74, 6) is 2.46. The van der Waals surface area contributed by atoms with Crippen LogP contribution in [-0.4, -0.2) is 56.8 Å². The molecular weight excluding hydrogens is 446 g/mol. The average molecular weight is 490 g/mol. The van der Waals surface area contributed by atoms with E-state index in [1.807, 2.05) is 0 Å². The molecule has 0 amide bonds. The number of aromatic nitrogens is 3. The van der Waals surface area contributed by atoms with Gasteiger partial charge in [0.05, 0.1) is 6.54 Å². The number of pyridine rings is 1. The number of hydrogen-bond donors (Lipinski definition) is 2. The van der Waals surface area contributed by atoms with Gasteiger partial charge in [-0.25, -0.2) is 9.97 Å². The predicted molar refractivity (Wildman–Crippen MR) is 148 cm³/mol. The molecule has 3 heterocycles. The number of fused-ring (bicyclic) bond motifs is 1. The van der Waals surface area contributed by atoms with Gasteiger partial charge in [0, 0.05) is 37.0 Å². The summed E-state index contributed by atoms with van der Waals surface area (Å²) in [4.78, 5) is 12.3. The first-order chi connectivity index (χ1) is 17.5. The number of anilines is 1. The summed E-state index contributed by atoms with van der Waals surface area (Å²) in [6.45, 7) is 11.1. The van der Waals surface area contributed by atoms with Crippen LogP contribution >= 0.6 is 0 Å². The largest absolute Gasteiger partial charge is 0.396 e. The standard InChI is InChI=1S/C30H43N5O/c1-4-28-33-29-21(2)17-22(3)31-30(29)35(28)19-24-7-11-27(12-8-24)32-26-9-5-23(6-10-26)18-34-15-13-25(20-36)14-16-34/h7-8,11-12,17,23,25-26,32,36H,4-6,9-10,13-16,18-20H2,1-3H3/t23-,26-. The van der Waals surface area contributed by atoms with Gasteiger partial charge in [-0.15, -0.1) is 0 Å². The van der Waals surface area contributed by atoms with E-state index >= 15 is 0 Å². The molecule has 0 spiro atoms. The van der Waals surface area contributed by atoms with E-state index < -0.39 is 0 Å². The van der Waals surface area contributed by atoms with Gasteiger partial charge in [-0.2, -0.15) is 0 Å². The van der Waals surface area contributed by atoms with E-state index in [1.165, 1.54) is 62.1 Å². The molecule has 2 fully saturated rings. The molecule has 2 aromatic heterocycles. The summed E-state index contributed by atoms with van der Waals surface area (Å²) in [6.07, 6.45) is 8.36. The van der Waals surface area contributed by atoms with E-state index in [1.54, 1.807) is 0 Å². The molecule has 36 heavy (non-hydrogen) atoms. The molecule has 0 bridgehead atoms. The zero-order valence-corrected chi connectivity index (χ0v) is 22.3. The van der Waals surface area contributed by atoms with Crippen molar-refractivity contribution in [3.05, 3.63) is 53.0 Å². The Morgan fingerprint density at radius 1 is 0.944 bits per heavy atom. The average Bonchev–Trinajstić information content (AvgIpc) is 3.24. The summed E-state index contributed by atoms with van der Waals surface area (Å²) in [7, 11) is 0. The lowest BCUT2D eigenvalue weighted by molar-refractivity contribution is 0.111. The summed E-state index contributed by atoms with van der Waals surface area (Å²) in [5.41, 5.74) is 6.78. The van der Waals surface area contributed by atoms with Crippen molar-refractivity contribution in [2.75, 3.05) is 31.6 Å². The molecule has 2 aliphatic rings. The number of nitrogens with zero attached hydrogens (tertiary/aromatic N) is 4. The SMILES string of the molecule is CCc1nc2c(C)cc(C)nc2n1Cc1ccc(N[C@H]2CC[C@H](CN3CCC(CO)CC3)CC2)cc1. The van der Waals surface area contributed by atoms with E-state index in [0.29, 0.717) is 18.6 Å². The van der Waals surface area contributed by atoms with Crippen LogP contribution < -0.4 is 5.32 Å². The highest BCUT2D eigenvalue weighted by Gasteiger charge is 2.25. The number of likely N-dealkylation sites (tertiary alicyclic amines) is 1. The normalized spacial score (nSPS) is 21.8. The fourth-order valence-electron chi connectivity index (χ4n) is 6.22. The van der Waals surface area contributed by atoms with Gasteiger partial charge >= 0.3 is 0 Å². The lowest BCUT2D eigenvalue weighted by atomic mass is 9.85. The zero-order chi connectivity index (χ0) is 25.1. The smallest absolute Gasteiger partial charge is 0.160 e. The minimum atomic E-state index is 0.364. The van der Waals surface area contributed by atoms with Crippen molar-refractivity contribution in [3.63, 3.8) is 0 Å². The monoisotopic (exact) mass is 489 g/mol. The van der Waals surface area contributed by atoms with Gasteiger partial charge in [-0.3, -0.25) is 0 Å².